The van der Waals surface area contributed by atoms with Gasteiger partial charge in [0.2, 0.25) is 5.91 Å². The number of aryl methyl sites for hydroxylation is 1. The standard InChI is InChI=1S/C34H34N2O6S2/c1-4-42-34(39)29-25-15-8-9-16-28(25)44-33(29)36-32(38)30(21-11-6-5-7-12-21)43-24-14-10-13-23(20-24)35-31(37)22-17-18-26(40-2)27(19-22)41-3/h5-7,10-14,17-20,30H,4,8-9,15-16H2,1-3H3,(H,35,37)(H,36,38). The van der Waals surface area contributed by atoms with Crippen LogP contribution in [0.15, 0.2) is 77.7 Å². The number of anilines is 2. The van der Waals surface area contributed by atoms with Gasteiger partial charge in [0.05, 0.1) is 26.4 Å². The fourth-order valence-electron chi connectivity index (χ4n) is 5.12. The van der Waals surface area contributed by atoms with Gasteiger partial charge in [0.1, 0.15) is 10.3 Å². The molecular formula is C34H34N2O6S2. The van der Waals surface area contributed by atoms with Gasteiger partial charge in [-0.2, -0.15) is 0 Å². The molecule has 1 heterocycles. The number of hydrogen-bond acceptors (Lipinski definition) is 8. The van der Waals surface area contributed by atoms with E-state index in [1.807, 2.05) is 48.5 Å². The molecule has 5 rings (SSSR count). The number of fused-ring (bicyclic) bond motifs is 1. The van der Waals surface area contributed by atoms with Crippen LogP contribution in [0.4, 0.5) is 10.7 Å². The van der Waals surface area contributed by atoms with Crippen molar-refractivity contribution in [2.24, 2.45) is 0 Å². The minimum atomic E-state index is -0.623. The number of rotatable bonds is 11. The van der Waals surface area contributed by atoms with E-state index in [2.05, 4.69) is 10.6 Å². The van der Waals surface area contributed by atoms with E-state index < -0.39 is 11.2 Å². The number of ether oxygens (including phenoxy) is 3. The maximum Gasteiger partial charge on any atom is 0.341 e. The zero-order valence-electron chi connectivity index (χ0n) is 24.8. The first-order chi connectivity index (χ1) is 21.4. The minimum Gasteiger partial charge on any atom is -0.493 e. The van der Waals surface area contributed by atoms with Crippen LogP contribution in [0.3, 0.4) is 0 Å². The van der Waals surface area contributed by atoms with Crippen LogP contribution >= 0.6 is 23.1 Å². The Morgan fingerprint density at radius 3 is 2.41 bits per heavy atom. The van der Waals surface area contributed by atoms with Gasteiger partial charge in [0.25, 0.3) is 5.91 Å². The van der Waals surface area contributed by atoms with E-state index >= 15 is 0 Å². The van der Waals surface area contributed by atoms with Crippen LogP contribution in [0, 0.1) is 0 Å². The van der Waals surface area contributed by atoms with Gasteiger partial charge in [-0.25, -0.2) is 4.79 Å². The second kappa shape index (κ2) is 14.5. The van der Waals surface area contributed by atoms with Gasteiger partial charge in [-0.3, -0.25) is 9.59 Å². The molecule has 1 aliphatic rings. The van der Waals surface area contributed by atoms with Gasteiger partial charge in [0.15, 0.2) is 11.5 Å². The summed E-state index contributed by atoms with van der Waals surface area (Å²) in [7, 11) is 3.06. The normalized spacial score (nSPS) is 12.9. The van der Waals surface area contributed by atoms with Gasteiger partial charge in [-0.05, 0) is 80.1 Å². The van der Waals surface area contributed by atoms with E-state index in [-0.39, 0.29) is 18.4 Å². The lowest BCUT2D eigenvalue weighted by Crippen LogP contribution is -2.20. The molecule has 1 aromatic heterocycles. The predicted molar refractivity (Wildman–Crippen MR) is 175 cm³/mol. The summed E-state index contributed by atoms with van der Waals surface area (Å²) < 4.78 is 16.0. The van der Waals surface area contributed by atoms with Crippen LogP contribution in [-0.2, 0) is 22.4 Å². The first-order valence-electron chi connectivity index (χ1n) is 14.4. The largest absolute Gasteiger partial charge is 0.493 e. The summed E-state index contributed by atoms with van der Waals surface area (Å²) in [6, 6.07) is 21.8. The monoisotopic (exact) mass is 630 g/mol. The van der Waals surface area contributed by atoms with Crippen molar-refractivity contribution in [2.45, 2.75) is 42.8 Å². The Bertz CT molecular complexity index is 1650. The van der Waals surface area contributed by atoms with E-state index in [4.69, 9.17) is 14.2 Å². The number of thioether (sulfide) groups is 1. The van der Waals surface area contributed by atoms with E-state index in [9.17, 15) is 14.4 Å². The molecule has 228 valence electrons. The highest BCUT2D eigenvalue weighted by Gasteiger charge is 2.30. The number of amides is 2. The molecule has 1 atom stereocenters. The van der Waals surface area contributed by atoms with Crippen LogP contribution < -0.4 is 20.1 Å². The summed E-state index contributed by atoms with van der Waals surface area (Å²) in [5.74, 6) is 0.0383. The molecule has 4 aromatic rings. The molecular weight excluding hydrogens is 597 g/mol. The third-order valence-corrected chi connectivity index (χ3v) is 9.67. The number of esters is 1. The Morgan fingerprint density at radius 2 is 1.66 bits per heavy atom. The molecule has 0 radical (unpaired) electrons. The molecule has 1 aliphatic carbocycles. The van der Waals surface area contributed by atoms with Crippen LogP contribution in [0.2, 0.25) is 0 Å². The van der Waals surface area contributed by atoms with Crippen LogP contribution in [0.25, 0.3) is 0 Å². The average Bonchev–Trinajstić information content (AvgIpc) is 3.41. The highest BCUT2D eigenvalue weighted by molar-refractivity contribution is 8.00. The zero-order valence-corrected chi connectivity index (χ0v) is 26.4. The van der Waals surface area contributed by atoms with E-state index in [1.165, 1.54) is 37.3 Å². The lowest BCUT2D eigenvalue weighted by Gasteiger charge is -2.18. The molecule has 0 saturated carbocycles. The number of carbonyl (C=O) groups is 3. The van der Waals surface area contributed by atoms with Crippen LogP contribution in [0.1, 0.15) is 61.7 Å². The molecule has 3 aromatic carbocycles. The van der Waals surface area contributed by atoms with Crippen molar-refractivity contribution in [3.63, 3.8) is 0 Å². The van der Waals surface area contributed by atoms with Crippen LogP contribution in [-0.4, -0.2) is 38.6 Å². The summed E-state index contributed by atoms with van der Waals surface area (Å²) in [5.41, 5.74) is 3.29. The number of methoxy groups -OCH3 is 2. The highest BCUT2D eigenvalue weighted by atomic mass is 32.2. The first kappa shape index (κ1) is 31.2. The van der Waals surface area contributed by atoms with E-state index in [0.717, 1.165) is 46.6 Å². The van der Waals surface area contributed by atoms with Crippen molar-refractivity contribution in [3.05, 3.63) is 99.9 Å². The van der Waals surface area contributed by atoms with Gasteiger partial charge in [-0.1, -0.05) is 36.4 Å². The van der Waals surface area contributed by atoms with Crippen LogP contribution in [0.5, 0.6) is 11.5 Å². The van der Waals surface area contributed by atoms with Crippen molar-refractivity contribution in [1.29, 1.82) is 0 Å². The molecule has 1 unspecified atom stereocenters. The molecule has 10 heteroatoms. The molecule has 0 aliphatic heterocycles. The lowest BCUT2D eigenvalue weighted by atomic mass is 9.95. The number of nitrogens with one attached hydrogen (secondary N) is 2. The van der Waals surface area contributed by atoms with Crippen molar-refractivity contribution in [1.82, 2.24) is 0 Å². The van der Waals surface area contributed by atoms with E-state index in [0.29, 0.717) is 33.3 Å². The second-order valence-corrected chi connectivity index (χ2v) is 12.4. The summed E-state index contributed by atoms with van der Waals surface area (Å²) in [6.45, 7) is 2.04. The van der Waals surface area contributed by atoms with Gasteiger partial charge in [0, 0.05) is 21.0 Å². The molecule has 0 saturated heterocycles. The molecule has 2 amide bonds. The zero-order chi connectivity index (χ0) is 31.1. The Morgan fingerprint density at radius 1 is 0.886 bits per heavy atom. The van der Waals surface area contributed by atoms with E-state index in [1.54, 1.807) is 31.2 Å². The van der Waals surface area contributed by atoms with Gasteiger partial charge in [-0.15, -0.1) is 23.1 Å². The third kappa shape index (κ3) is 7.09. The topological polar surface area (TPSA) is 103 Å². The fraction of sp³-hybridized carbons (Fsp3) is 0.265. The quantitative estimate of drug-likeness (QED) is 0.130. The SMILES string of the molecule is CCOC(=O)c1c(NC(=O)C(Sc2cccc(NC(=O)c3ccc(OC)c(OC)c3)c2)c2ccccc2)sc2c1CCCC2. The molecule has 0 fully saturated rings. The van der Waals surface area contributed by atoms with Crippen molar-refractivity contribution in [2.75, 3.05) is 31.5 Å². The Hall–Kier alpha value is -4.28. The fourth-order valence-corrected chi connectivity index (χ4v) is 7.48. The minimum absolute atomic E-state index is 0.245. The molecule has 0 bridgehead atoms. The summed E-state index contributed by atoms with van der Waals surface area (Å²) >= 11 is 2.83. The Balaban J connectivity index is 1.38. The number of thiophene rings is 1. The summed E-state index contributed by atoms with van der Waals surface area (Å²) in [5, 5.41) is 5.93. The number of carbonyl (C=O) groups excluding carboxylic acids is 3. The highest BCUT2D eigenvalue weighted by Crippen LogP contribution is 2.41. The molecule has 8 nitrogen and oxygen atoms in total. The predicted octanol–water partition coefficient (Wildman–Crippen LogP) is 7.55. The summed E-state index contributed by atoms with van der Waals surface area (Å²) in [6.07, 6.45) is 3.75. The molecule has 44 heavy (non-hydrogen) atoms. The second-order valence-electron chi connectivity index (χ2n) is 10.1. The lowest BCUT2D eigenvalue weighted by molar-refractivity contribution is -0.115. The molecule has 0 spiro atoms. The van der Waals surface area contributed by atoms with Gasteiger partial charge >= 0.3 is 5.97 Å². The third-order valence-electron chi connectivity index (χ3n) is 7.22. The average molecular weight is 631 g/mol. The maximum atomic E-state index is 14.0. The van der Waals surface area contributed by atoms with Crippen molar-refractivity contribution >= 4 is 51.6 Å². The number of benzene rings is 3. The first-order valence-corrected chi connectivity index (χ1v) is 16.1. The van der Waals surface area contributed by atoms with Crippen molar-refractivity contribution < 1.29 is 28.6 Å². The Kier molecular flexibility index (Phi) is 10.2. The summed E-state index contributed by atoms with van der Waals surface area (Å²) in [4.78, 5) is 41.9. The van der Waals surface area contributed by atoms with Crippen molar-refractivity contribution in [3.8, 4) is 11.5 Å². The molecule has 2 N–H and O–H groups in total. The smallest absolute Gasteiger partial charge is 0.341 e. The van der Waals surface area contributed by atoms with Gasteiger partial charge < -0.3 is 24.8 Å². The number of hydrogen-bond donors (Lipinski definition) is 2. The Labute approximate surface area is 265 Å². The maximum absolute atomic E-state index is 14.0.